The van der Waals surface area contributed by atoms with Gasteiger partial charge in [0.05, 0.1) is 5.92 Å². The number of halogens is 2. The molecule has 0 spiro atoms. The number of nitro groups is 1. The number of carbonyl (C=O) groups excluding carboxylic acids is 1. The molecule has 1 N–H and O–H groups in total. The Hall–Kier alpha value is -1.51. The van der Waals surface area contributed by atoms with Crippen LogP contribution in [0.25, 0.3) is 0 Å². The van der Waals surface area contributed by atoms with Crippen LogP contribution >= 0.6 is 0 Å². The summed E-state index contributed by atoms with van der Waals surface area (Å²) < 4.78 is 30.6. The van der Waals surface area contributed by atoms with Crippen LogP contribution in [0.4, 0.5) is 13.6 Å². The van der Waals surface area contributed by atoms with Crippen molar-refractivity contribution in [1.82, 2.24) is 4.90 Å². The Labute approximate surface area is 120 Å². The van der Waals surface area contributed by atoms with E-state index in [4.69, 9.17) is 4.74 Å². The SMILES string of the molecule is CC(C)(C)OC(=O)N1CCC2C1C2(C(O)C(F)F)[N+](=O)[O-]. The number of amides is 1. The predicted molar refractivity (Wildman–Crippen MR) is 66.6 cm³/mol. The maximum atomic E-state index is 12.7. The molecule has 1 aliphatic carbocycles. The molecule has 1 heterocycles. The van der Waals surface area contributed by atoms with Gasteiger partial charge < -0.3 is 9.84 Å². The van der Waals surface area contributed by atoms with E-state index in [0.29, 0.717) is 0 Å². The number of rotatable bonds is 3. The van der Waals surface area contributed by atoms with E-state index in [9.17, 15) is 28.8 Å². The Morgan fingerprint density at radius 3 is 2.52 bits per heavy atom. The van der Waals surface area contributed by atoms with Crippen molar-refractivity contribution in [2.24, 2.45) is 5.92 Å². The van der Waals surface area contributed by atoms with E-state index >= 15 is 0 Å². The minimum absolute atomic E-state index is 0.203. The van der Waals surface area contributed by atoms with Crippen LogP contribution in [-0.4, -0.2) is 57.3 Å². The fourth-order valence-electron chi connectivity index (χ4n) is 3.19. The summed E-state index contributed by atoms with van der Waals surface area (Å²) in [6.07, 6.45) is -6.20. The highest BCUT2D eigenvalue weighted by atomic mass is 19.3. The predicted octanol–water partition coefficient (Wildman–Crippen LogP) is 1.27. The first kappa shape index (κ1) is 15.9. The lowest BCUT2D eigenvalue weighted by Crippen LogP contribution is -2.51. The van der Waals surface area contributed by atoms with E-state index in [2.05, 4.69) is 0 Å². The molecule has 120 valence electrons. The van der Waals surface area contributed by atoms with Crippen molar-refractivity contribution in [3.63, 3.8) is 0 Å². The van der Waals surface area contributed by atoms with Gasteiger partial charge in [0.2, 0.25) is 0 Å². The summed E-state index contributed by atoms with van der Waals surface area (Å²) in [5.41, 5.74) is -2.97. The Balaban J connectivity index is 2.21. The molecule has 0 aromatic heterocycles. The minimum atomic E-state index is -3.23. The molecule has 7 nitrogen and oxygen atoms in total. The lowest BCUT2D eigenvalue weighted by atomic mass is 10.0. The van der Waals surface area contributed by atoms with Gasteiger partial charge in [0.15, 0.2) is 6.10 Å². The maximum Gasteiger partial charge on any atom is 0.410 e. The standard InChI is InChI=1S/C12H18F2N2O5/c1-11(2,3)21-10(18)15-5-4-6-7(15)12(6,16(19)20)8(17)9(13)14/h6-9,17H,4-5H2,1-3H3. The average molecular weight is 308 g/mol. The molecule has 0 aromatic rings. The Bertz CT molecular complexity index is 467. The molecule has 21 heavy (non-hydrogen) atoms. The molecule has 0 radical (unpaired) electrons. The molecular formula is C12H18F2N2O5. The molecule has 0 bridgehead atoms. The fraction of sp³-hybridized carbons (Fsp3) is 0.917. The van der Waals surface area contributed by atoms with Crippen molar-refractivity contribution in [2.45, 2.75) is 56.9 Å². The Morgan fingerprint density at radius 2 is 2.10 bits per heavy atom. The van der Waals surface area contributed by atoms with Gasteiger partial charge >= 0.3 is 6.09 Å². The molecule has 1 saturated heterocycles. The van der Waals surface area contributed by atoms with Gasteiger partial charge in [-0.05, 0) is 27.2 Å². The molecule has 4 unspecified atom stereocenters. The first-order valence-corrected chi connectivity index (χ1v) is 6.63. The van der Waals surface area contributed by atoms with E-state index in [1.54, 1.807) is 20.8 Å². The number of piperidine rings is 1. The molecule has 9 heteroatoms. The molecule has 0 aromatic carbocycles. The van der Waals surface area contributed by atoms with Gasteiger partial charge in [0, 0.05) is 11.5 Å². The zero-order valence-electron chi connectivity index (χ0n) is 12.0. The van der Waals surface area contributed by atoms with E-state index in [1.165, 1.54) is 0 Å². The number of ether oxygens (including phenoxy) is 1. The Morgan fingerprint density at radius 1 is 1.52 bits per heavy atom. The minimum Gasteiger partial charge on any atom is -0.444 e. The average Bonchev–Trinajstić information content (AvgIpc) is 2.75. The largest absolute Gasteiger partial charge is 0.444 e. The number of aliphatic hydroxyl groups is 1. The first-order valence-electron chi connectivity index (χ1n) is 6.63. The maximum absolute atomic E-state index is 12.7. The topological polar surface area (TPSA) is 92.9 Å². The monoisotopic (exact) mass is 308 g/mol. The number of carbonyl (C=O) groups is 1. The number of nitrogens with zero attached hydrogens (tertiary/aromatic N) is 2. The second kappa shape index (κ2) is 4.75. The number of alkyl halides is 2. The van der Waals surface area contributed by atoms with Gasteiger partial charge in [-0.2, -0.15) is 0 Å². The van der Waals surface area contributed by atoms with Crippen LogP contribution in [-0.2, 0) is 4.74 Å². The summed E-state index contributed by atoms with van der Waals surface area (Å²) in [5, 5.41) is 20.8. The van der Waals surface area contributed by atoms with Crippen molar-refractivity contribution in [2.75, 3.05) is 6.54 Å². The third kappa shape index (κ3) is 2.33. The van der Waals surface area contributed by atoms with Gasteiger partial charge in [-0.15, -0.1) is 0 Å². The zero-order valence-corrected chi connectivity index (χ0v) is 12.0. The molecule has 2 rings (SSSR count). The van der Waals surface area contributed by atoms with Crippen LogP contribution in [0.2, 0.25) is 0 Å². The second-order valence-corrected chi connectivity index (χ2v) is 6.44. The Kier molecular flexibility index (Phi) is 3.59. The highest BCUT2D eigenvalue weighted by Crippen LogP contribution is 2.59. The smallest absolute Gasteiger partial charge is 0.410 e. The van der Waals surface area contributed by atoms with Crippen LogP contribution in [0.1, 0.15) is 27.2 Å². The highest BCUT2D eigenvalue weighted by molar-refractivity contribution is 5.70. The van der Waals surface area contributed by atoms with Crippen LogP contribution < -0.4 is 0 Å². The van der Waals surface area contributed by atoms with Crippen LogP contribution in [0.3, 0.4) is 0 Å². The number of hydrogen-bond acceptors (Lipinski definition) is 5. The third-order valence-electron chi connectivity index (χ3n) is 4.01. The van der Waals surface area contributed by atoms with E-state index in [1.807, 2.05) is 0 Å². The second-order valence-electron chi connectivity index (χ2n) is 6.44. The molecule has 2 fully saturated rings. The summed E-state index contributed by atoms with van der Waals surface area (Å²) in [7, 11) is 0. The molecular weight excluding hydrogens is 290 g/mol. The van der Waals surface area contributed by atoms with Crippen LogP contribution in [0.15, 0.2) is 0 Å². The lowest BCUT2D eigenvalue weighted by molar-refractivity contribution is -0.562. The number of hydrogen-bond donors (Lipinski definition) is 1. The number of likely N-dealkylation sites (tertiary alicyclic amines) is 1. The summed E-state index contributed by atoms with van der Waals surface area (Å²) in [5.74, 6) is -0.760. The van der Waals surface area contributed by atoms with Crippen molar-refractivity contribution in [3.05, 3.63) is 10.1 Å². The van der Waals surface area contributed by atoms with Crippen LogP contribution in [0.5, 0.6) is 0 Å². The van der Waals surface area contributed by atoms with Crippen molar-refractivity contribution in [1.29, 1.82) is 0 Å². The summed E-state index contributed by atoms with van der Waals surface area (Å²) in [4.78, 5) is 23.5. The van der Waals surface area contributed by atoms with Gasteiger partial charge in [0.1, 0.15) is 11.6 Å². The first-order chi connectivity index (χ1) is 9.53. The quantitative estimate of drug-likeness (QED) is 0.626. The molecule has 1 aliphatic heterocycles. The van der Waals surface area contributed by atoms with E-state index < -0.39 is 46.6 Å². The van der Waals surface area contributed by atoms with Gasteiger partial charge in [-0.25, -0.2) is 13.6 Å². The van der Waals surface area contributed by atoms with E-state index in [0.717, 1.165) is 4.90 Å². The molecule has 2 aliphatic rings. The fourth-order valence-corrected chi connectivity index (χ4v) is 3.19. The normalized spacial score (nSPS) is 32.8. The third-order valence-corrected chi connectivity index (χ3v) is 4.01. The molecule has 1 saturated carbocycles. The van der Waals surface area contributed by atoms with Crippen molar-refractivity contribution >= 4 is 6.09 Å². The summed E-state index contributed by atoms with van der Waals surface area (Å²) in [6.45, 7) is 5.12. The number of fused-ring (bicyclic) bond motifs is 1. The van der Waals surface area contributed by atoms with Crippen LogP contribution in [0, 0.1) is 16.0 Å². The highest BCUT2D eigenvalue weighted by Gasteiger charge is 2.85. The summed E-state index contributed by atoms with van der Waals surface area (Å²) >= 11 is 0. The molecule has 1 amide bonds. The van der Waals surface area contributed by atoms with Gasteiger partial charge in [0.25, 0.3) is 12.0 Å². The van der Waals surface area contributed by atoms with Crippen molar-refractivity contribution < 1.29 is 28.3 Å². The van der Waals surface area contributed by atoms with Gasteiger partial charge in [-0.3, -0.25) is 15.0 Å². The van der Waals surface area contributed by atoms with Crippen molar-refractivity contribution in [3.8, 4) is 0 Å². The molecule has 4 atom stereocenters. The summed E-state index contributed by atoms with van der Waals surface area (Å²) in [6, 6.07) is -1.04. The number of aliphatic hydroxyl groups excluding tert-OH is 1. The van der Waals surface area contributed by atoms with E-state index in [-0.39, 0.29) is 13.0 Å². The van der Waals surface area contributed by atoms with Gasteiger partial charge in [-0.1, -0.05) is 0 Å². The lowest BCUT2D eigenvalue weighted by Gasteiger charge is -2.28. The zero-order chi connectivity index (χ0) is 16.2.